The van der Waals surface area contributed by atoms with Crippen molar-refractivity contribution in [3.63, 3.8) is 0 Å². The number of unbranched alkanes of at least 4 members (excludes halogenated alkanes) is 13. The second-order valence-electron chi connectivity index (χ2n) is 15.7. The van der Waals surface area contributed by atoms with Crippen molar-refractivity contribution >= 4 is 19.8 Å². The number of ether oxygens (including phenoxy) is 2. The van der Waals surface area contributed by atoms with Gasteiger partial charge in [0.15, 0.2) is 6.10 Å². The molecule has 10 heteroatoms. The number of quaternary nitrogens is 1. The predicted octanol–water partition coefficient (Wildman–Crippen LogP) is 12.0. The van der Waals surface area contributed by atoms with Gasteiger partial charge in [-0.1, -0.05) is 138 Å². The molecule has 0 aromatic heterocycles. The third-order valence-electron chi connectivity index (χ3n) is 8.96. The van der Waals surface area contributed by atoms with E-state index in [1.807, 2.05) is 21.1 Å². The number of phosphoric ester groups is 1. The third kappa shape index (κ3) is 42.9. The molecule has 0 radical (unpaired) electrons. The molecular formula is C47H82NO8P. The van der Waals surface area contributed by atoms with Crippen LogP contribution < -0.4 is 4.89 Å². The Bertz CT molecular complexity index is 1200. The van der Waals surface area contributed by atoms with E-state index in [9.17, 15) is 19.0 Å². The summed E-state index contributed by atoms with van der Waals surface area (Å²) in [5.74, 6) is -0.888. The summed E-state index contributed by atoms with van der Waals surface area (Å²) in [5.41, 5.74) is 0. The van der Waals surface area contributed by atoms with E-state index in [2.05, 4.69) is 86.8 Å². The standard InChI is InChI=1S/C47H82NO8P/c1-6-8-10-12-14-16-18-20-22-23-24-25-26-28-30-32-34-36-38-40-47(50)56-45(44-55-57(51,52)54-42-41-48(3,4)5)43-53-46(49)39-37-35-33-31-29-27-21-19-17-15-13-11-9-7-2/h8,10,14,16,19-22,24-25,28,30,45H,6-7,9,11-13,15,17-18,23,26-27,29,31-44H2,1-5H3/b10-8-,16-14-,21-19-,22-20-,25-24-,30-28-. The Kier molecular flexibility index (Phi) is 37.2. The summed E-state index contributed by atoms with van der Waals surface area (Å²) in [6.07, 6.45) is 47.8. The van der Waals surface area contributed by atoms with Crippen LogP contribution in [-0.4, -0.2) is 70.0 Å². The fraction of sp³-hybridized carbons (Fsp3) is 0.702. The van der Waals surface area contributed by atoms with Gasteiger partial charge in [0.25, 0.3) is 7.82 Å². The van der Waals surface area contributed by atoms with Gasteiger partial charge in [-0.3, -0.25) is 14.2 Å². The van der Waals surface area contributed by atoms with Crippen LogP contribution in [0, 0.1) is 0 Å². The van der Waals surface area contributed by atoms with Gasteiger partial charge in [0.05, 0.1) is 27.7 Å². The first-order chi connectivity index (χ1) is 27.5. The molecule has 0 heterocycles. The van der Waals surface area contributed by atoms with Crippen molar-refractivity contribution in [2.75, 3.05) is 47.5 Å². The van der Waals surface area contributed by atoms with E-state index in [0.717, 1.165) is 83.5 Å². The lowest BCUT2D eigenvalue weighted by molar-refractivity contribution is -0.870. The number of nitrogens with zero attached hydrogens (tertiary/aromatic N) is 1. The SMILES string of the molecule is CC/C=C\C/C=C\C/C=C\C/C=C\C/C=C\CCCCCC(=O)OC(COC(=O)CCCCCCC/C=C\CCCCCCC)COP(=O)([O-])OCC[N+](C)(C)C. The number of carbonyl (C=O) groups excluding carboxylic acids is 2. The van der Waals surface area contributed by atoms with E-state index in [0.29, 0.717) is 23.9 Å². The summed E-state index contributed by atoms with van der Waals surface area (Å²) < 4.78 is 33.8. The molecule has 2 unspecified atom stereocenters. The van der Waals surface area contributed by atoms with Gasteiger partial charge in [-0.15, -0.1) is 0 Å². The maximum Gasteiger partial charge on any atom is 0.306 e. The van der Waals surface area contributed by atoms with Crippen LogP contribution in [0.2, 0.25) is 0 Å². The van der Waals surface area contributed by atoms with Crippen LogP contribution in [0.5, 0.6) is 0 Å². The van der Waals surface area contributed by atoms with E-state index in [1.165, 1.54) is 38.5 Å². The molecule has 0 aliphatic carbocycles. The van der Waals surface area contributed by atoms with Crippen molar-refractivity contribution in [3.8, 4) is 0 Å². The molecule has 0 spiro atoms. The Morgan fingerprint density at radius 1 is 0.561 bits per heavy atom. The molecule has 9 nitrogen and oxygen atoms in total. The van der Waals surface area contributed by atoms with Gasteiger partial charge in [0.1, 0.15) is 19.8 Å². The Labute approximate surface area is 348 Å². The normalized spacial score (nSPS) is 14.3. The quantitative estimate of drug-likeness (QED) is 0.0198. The number of hydrogen-bond acceptors (Lipinski definition) is 8. The topological polar surface area (TPSA) is 111 Å². The van der Waals surface area contributed by atoms with Crippen molar-refractivity contribution in [2.45, 2.75) is 168 Å². The number of allylic oxidation sites excluding steroid dienone is 12. The lowest BCUT2D eigenvalue weighted by atomic mass is 10.1. The van der Waals surface area contributed by atoms with E-state index in [-0.39, 0.29) is 26.1 Å². The van der Waals surface area contributed by atoms with Crippen LogP contribution in [0.15, 0.2) is 72.9 Å². The maximum absolute atomic E-state index is 12.7. The Hall–Kier alpha value is -2.55. The highest BCUT2D eigenvalue weighted by molar-refractivity contribution is 7.45. The third-order valence-corrected chi connectivity index (χ3v) is 9.92. The molecule has 0 fully saturated rings. The van der Waals surface area contributed by atoms with Crippen molar-refractivity contribution in [1.29, 1.82) is 0 Å². The van der Waals surface area contributed by atoms with Gasteiger partial charge in [-0.25, -0.2) is 0 Å². The summed E-state index contributed by atoms with van der Waals surface area (Å²) in [6, 6.07) is 0. The fourth-order valence-electron chi connectivity index (χ4n) is 5.50. The number of rotatable bonds is 39. The van der Waals surface area contributed by atoms with E-state index >= 15 is 0 Å². The molecule has 0 aromatic carbocycles. The number of likely N-dealkylation sites (N-methyl/N-ethyl adjacent to an activating group) is 1. The van der Waals surface area contributed by atoms with Crippen molar-refractivity contribution in [2.24, 2.45) is 0 Å². The van der Waals surface area contributed by atoms with Gasteiger partial charge in [0.2, 0.25) is 0 Å². The zero-order valence-corrected chi connectivity index (χ0v) is 37.7. The highest BCUT2D eigenvalue weighted by Gasteiger charge is 2.21. The molecule has 2 atom stereocenters. The van der Waals surface area contributed by atoms with Crippen LogP contribution in [0.25, 0.3) is 0 Å². The van der Waals surface area contributed by atoms with Gasteiger partial charge in [-0.05, 0) is 83.5 Å². The smallest absolute Gasteiger partial charge is 0.306 e. The summed E-state index contributed by atoms with van der Waals surface area (Å²) in [4.78, 5) is 37.5. The second-order valence-corrected chi connectivity index (χ2v) is 17.1. The van der Waals surface area contributed by atoms with Gasteiger partial charge in [0, 0.05) is 12.8 Å². The molecule has 57 heavy (non-hydrogen) atoms. The fourth-order valence-corrected chi connectivity index (χ4v) is 6.23. The van der Waals surface area contributed by atoms with Crippen molar-refractivity contribution in [1.82, 2.24) is 0 Å². The largest absolute Gasteiger partial charge is 0.756 e. The highest BCUT2D eigenvalue weighted by Crippen LogP contribution is 2.38. The van der Waals surface area contributed by atoms with E-state index < -0.39 is 32.5 Å². The molecule has 0 aliphatic heterocycles. The summed E-state index contributed by atoms with van der Waals surface area (Å²) in [5, 5.41) is 0. The minimum atomic E-state index is -4.64. The van der Waals surface area contributed by atoms with Crippen LogP contribution >= 0.6 is 7.82 Å². The highest BCUT2D eigenvalue weighted by atomic mass is 31.2. The molecular weight excluding hydrogens is 737 g/mol. The van der Waals surface area contributed by atoms with Crippen molar-refractivity contribution in [3.05, 3.63) is 72.9 Å². The van der Waals surface area contributed by atoms with Gasteiger partial charge < -0.3 is 27.9 Å². The summed E-state index contributed by atoms with van der Waals surface area (Å²) in [6.45, 7) is 4.04. The molecule has 0 aliphatic rings. The first-order valence-electron chi connectivity index (χ1n) is 22.1. The number of hydrogen-bond donors (Lipinski definition) is 0. The number of phosphoric acid groups is 1. The second kappa shape index (κ2) is 38.9. The molecule has 0 rings (SSSR count). The Morgan fingerprint density at radius 2 is 1.00 bits per heavy atom. The summed E-state index contributed by atoms with van der Waals surface area (Å²) in [7, 11) is 1.13. The Balaban J connectivity index is 4.45. The van der Waals surface area contributed by atoms with E-state index in [1.54, 1.807) is 0 Å². The van der Waals surface area contributed by atoms with Crippen LogP contribution in [-0.2, 0) is 32.7 Å². The average Bonchev–Trinajstić information content (AvgIpc) is 3.16. The molecule has 0 amide bonds. The van der Waals surface area contributed by atoms with E-state index in [4.69, 9.17) is 18.5 Å². The number of esters is 2. The molecule has 0 bridgehead atoms. The molecule has 0 saturated heterocycles. The molecule has 0 aromatic rings. The minimum Gasteiger partial charge on any atom is -0.756 e. The van der Waals surface area contributed by atoms with Crippen LogP contribution in [0.3, 0.4) is 0 Å². The maximum atomic E-state index is 12.7. The molecule has 328 valence electrons. The number of carbonyl (C=O) groups is 2. The van der Waals surface area contributed by atoms with Crippen LogP contribution in [0.1, 0.15) is 162 Å². The van der Waals surface area contributed by atoms with Crippen molar-refractivity contribution < 1.29 is 42.1 Å². The lowest BCUT2D eigenvalue weighted by Crippen LogP contribution is -2.37. The lowest BCUT2D eigenvalue weighted by Gasteiger charge is -2.28. The average molecular weight is 820 g/mol. The van der Waals surface area contributed by atoms with Crippen LogP contribution in [0.4, 0.5) is 0 Å². The molecule has 0 N–H and O–H groups in total. The van der Waals surface area contributed by atoms with Gasteiger partial charge in [-0.2, -0.15) is 0 Å². The first kappa shape index (κ1) is 54.5. The zero-order valence-electron chi connectivity index (χ0n) is 36.8. The Morgan fingerprint density at radius 3 is 1.53 bits per heavy atom. The first-order valence-corrected chi connectivity index (χ1v) is 23.6. The predicted molar refractivity (Wildman–Crippen MR) is 236 cm³/mol. The minimum absolute atomic E-state index is 0.0424. The molecule has 0 saturated carbocycles. The van der Waals surface area contributed by atoms with Gasteiger partial charge >= 0.3 is 11.9 Å². The zero-order chi connectivity index (χ0) is 42.1. The summed E-state index contributed by atoms with van der Waals surface area (Å²) >= 11 is 0. The monoisotopic (exact) mass is 820 g/mol.